The van der Waals surface area contributed by atoms with Crippen LogP contribution in [-0.4, -0.2) is 4.57 Å². The molecule has 0 N–H and O–H groups in total. The molecule has 6 aromatic carbocycles. The largest absolute Gasteiger partial charge is 0.311 e. The van der Waals surface area contributed by atoms with Gasteiger partial charge < -0.3 is 9.47 Å². The second-order valence-corrected chi connectivity index (χ2v) is 13.2. The number of hydrogen-bond acceptors (Lipinski definition) is 1. The van der Waals surface area contributed by atoms with E-state index in [1.807, 2.05) is 0 Å². The minimum Gasteiger partial charge on any atom is -0.311 e. The normalized spacial score (nSPS) is 14.2. The lowest BCUT2D eigenvalue weighted by Crippen LogP contribution is -2.10. The number of para-hydroxylation sites is 2. The highest BCUT2D eigenvalue weighted by molar-refractivity contribution is 6.09. The Morgan fingerprint density at radius 2 is 1.00 bits per heavy atom. The van der Waals surface area contributed by atoms with Crippen molar-refractivity contribution < 1.29 is 0 Å². The molecule has 0 amide bonds. The Balaban J connectivity index is 1.04. The van der Waals surface area contributed by atoms with Gasteiger partial charge in [-0.1, -0.05) is 121 Å². The first-order valence-corrected chi connectivity index (χ1v) is 17.7. The Morgan fingerprint density at radius 1 is 0.460 bits per heavy atom. The predicted octanol–water partition coefficient (Wildman–Crippen LogP) is 13.4. The molecule has 2 aliphatic carbocycles. The fourth-order valence-electron chi connectivity index (χ4n) is 7.55. The maximum atomic E-state index is 2.37. The van der Waals surface area contributed by atoms with Gasteiger partial charge in [-0.25, -0.2) is 0 Å². The number of fused-ring (bicyclic) bond motifs is 3. The van der Waals surface area contributed by atoms with E-state index < -0.39 is 0 Å². The lowest BCUT2D eigenvalue weighted by Gasteiger charge is -2.26. The summed E-state index contributed by atoms with van der Waals surface area (Å²) in [6.07, 6.45) is 18.0. The Kier molecular flexibility index (Phi) is 7.83. The van der Waals surface area contributed by atoms with E-state index in [1.54, 1.807) is 0 Å². The fraction of sp³-hybridized carbons (Fsp3) is 0.0833. The number of rotatable bonds is 7. The van der Waals surface area contributed by atoms with Crippen molar-refractivity contribution in [3.05, 3.63) is 193 Å². The highest BCUT2D eigenvalue weighted by Crippen LogP contribution is 2.38. The average Bonchev–Trinajstić information content (AvgIpc) is 3.54. The molecule has 0 spiro atoms. The van der Waals surface area contributed by atoms with Gasteiger partial charge in [0.1, 0.15) is 0 Å². The van der Waals surface area contributed by atoms with Crippen LogP contribution in [0.3, 0.4) is 0 Å². The van der Waals surface area contributed by atoms with Gasteiger partial charge in [-0.15, -0.1) is 0 Å². The van der Waals surface area contributed by atoms with Gasteiger partial charge in [0, 0.05) is 33.5 Å². The van der Waals surface area contributed by atoms with Crippen LogP contribution in [0, 0.1) is 0 Å². The third-order valence-electron chi connectivity index (χ3n) is 10.1. The van der Waals surface area contributed by atoms with Gasteiger partial charge in [0.2, 0.25) is 0 Å². The minimum absolute atomic E-state index is 1.09. The zero-order valence-corrected chi connectivity index (χ0v) is 28.0. The van der Waals surface area contributed by atoms with Crippen LogP contribution in [0.4, 0.5) is 17.1 Å². The smallest absolute Gasteiger partial charge is 0.0541 e. The van der Waals surface area contributed by atoms with Crippen LogP contribution in [0.15, 0.2) is 182 Å². The molecule has 2 aliphatic rings. The van der Waals surface area contributed by atoms with E-state index in [1.165, 1.54) is 60.9 Å². The second kappa shape index (κ2) is 13.1. The van der Waals surface area contributed by atoms with Gasteiger partial charge >= 0.3 is 0 Å². The van der Waals surface area contributed by atoms with Crippen molar-refractivity contribution in [2.75, 3.05) is 4.90 Å². The summed E-state index contributed by atoms with van der Waals surface area (Å²) in [6.45, 7) is 0. The Hall–Kier alpha value is -6.12. The molecule has 9 rings (SSSR count). The topological polar surface area (TPSA) is 8.17 Å². The molecule has 1 heterocycles. The van der Waals surface area contributed by atoms with Gasteiger partial charge in [-0.3, -0.25) is 0 Å². The van der Waals surface area contributed by atoms with Gasteiger partial charge in [-0.05, 0) is 120 Å². The molecule has 0 radical (unpaired) electrons. The summed E-state index contributed by atoms with van der Waals surface area (Å²) in [7, 11) is 0. The average molecular weight is 643 g/mol. The van der Waals surface area contributed by atoms with Crippen molar-refractivity contribution in [3.8, 4) is 16.8 Å². The highest BCUT2D eigenvalue weighted by atomic mass is 15.1. The third-order valence-corrected chi connectivity index (χ3v) is 10.1. The number of allylic oxidation sites excluding steroid dienone is 8. The van der Waals surface area contributed by atoms with Crippen molar-refractivity contribution in [2.24, 2.45) is 0 Å². The van der Waals surface area contributed by atoms with Crippen LogP contribution in [0.1, 0.15) is 36.8 Å². The van der Waals surface area contributed by atoms with E-state index in [-0.39, 0.29) is 0 Å². The molecule has 240 valence electrons. The van der Waals surface area contributed by atoms with E-state index in [9.17, 15) is 0 Å². The third kappa shape index (κ3) is 5.59. The molecule has 1 aromatic heterocycles. The van der Waals surface area contributed by atoms with E-state index in [0.29, 0.717) is 0 Å². The van der Waals surface area contributed by atoms with Crippen molar-refractivity contribution in [2.45, 2.75) is 25.7 Å². The highest BCUT2D eigenvalue weighted by Gasteiger charge is 2.15. The van der Waals surface area contributed by atoms with Crippen LogP contribution in [0.5, 0.6) is 0 Å². The Morgan fingerprint density at radius 3 is 1.54 bits per heavy atom. The molecule has 0 unspecified atom stereocenters. The predicted molar refractivity (Wildman–Crippen MR) is 214 cm³/mol. The van der Waals surface area contributed by atoms with Crippen molar-refractivity contribution >= 4 is 50.0 Å². The first-order valence-electron chi connectivity index (χ1n) is 17.7. The SMILES string of the molecule is C1=CCCC(c2ccc(N(c3ccc(C4=CCCC=C4)cc3)c3ccc(-c4ccc(-n5c6ccccc6c6ccccc65)cc4)cc3)cc2)=C1. The van der Waals surface area contributed by atoms with Crippen molar-refractivity contribution in [1.29, 1.82) is 0 Å². The van der Waals surface area contributed by atoms with Crippen LogP contribution >= 0.6 is 0 Å². The monoisotopic (exact) mass is 642 g/mol. The van der Waals surface area contributed by atoms with Gasteiger partial charge in [0.15, 0.2) is 0 Å². The molecular formula is C48H38N2. The number of nitrogens with zero attached hydrogens (tertiary/aromatic N) is 2. The van der Waals surface area contributed by atoms with Crippen LogP contribution in [0.2, 0.25) is 0 Å². The Labute approximate surface area is 294 Å². The number of anilines is 3. The van der Waals surface area contributed by atoms with E-state index in [0.717, 1.165) is 42.7 Å². The minimum atomic E-state index is 1.09. The zero-order valence-electron chi connectivity index (χ0n) is 28.0. The van der Waals surface area contributed by atoms with Crippen LogP contribution in [-0.2, 0) is 0 Å². The van der Waals surface area contributed by atoms with Crippen molar-refractivity contribution in [3.63, 3.8) is 0 Å². The summed E-state index contributed by atoms with van der Waals surface area (Å²) in [5.74, 6) is 0. The van der Waals surface area contributed by atoms with E-state index in [2.05, 4.69) is 192 Å². The molecular weight excluding hydrogens is 605 g/mol. The quantitative estimate of drug-likeness (QED) is 0.168. The standard InChI is InChI=1S/C48H38N2/c1-3-11-35(12-4-1)37-19-27-41(28-20-37)49(42-29-21-38(22-30-42)36-13-5-2-6-14-36)43-31-23-39(24-32-43)40-25-33-44(34-26-40)50-47-17-9-7-15-45(47)46-16-8-10-18-48(46)50/h1,3,5,7-11,13-34H,2,4,6,12H2. The number of benzene rings is 6. The lowest BCUT2D eigenvalue weighted by atomic mass is 9.97. The summed E-state index contributed by atoms with van der Waals surface area (Å²) in [4.78, 5) is 2.36. The number of aromatic nitrogens is 1. The molecule has 2 nitrogen and oxygen atoms in total. The van der Waals surface area contributed by atoms with Gasteiger partial charge in [0.05, 0.1) is 11.0 Å². The maximum Gasteiger partial charge on any atom is 0.0541 e. The summed E-state index contributed by atoms with van der Waals surface area (Å²) in [6, 6.07) is 53.4. The van der Waals surface area contributed by atoms with E-state index >= 15 is 0 Å². The molecule has 0 aliphatic heterocycles. The molecule has 0 saturated carbocycles. The molecule has 7 aromatic rings. The van der Waals surface area contributed by atoms with Crippen LogP contribution in [0.25, 0.3) is 49.8 Å². The van der Waals surface area contributed by atoms with Crippen LogP contribution < -0.4 is 4.90 Å². The maximum absolute atomic E-state index is 2.37. The lowest BCUT2D eigenvalue weighted by molar-refractivity contribution is 1.04. The summed E-state index contributed by atoms with van der Waals surface area (Å²) in [5, 5.41) is 2.56. The molecule has 0 saturated heterocycles. The summed E-state index contributed by atoms with van der Waals surface area (Å²) >= 11 is 0. The number of hydrogen-bond donors (Lipinski definition) is 0. The molecule has 2 heteroatoms. The summed E-state index contributed by atoms with van der Waals surface area (Å²) in [5.41, 5.74) is 14.7. The molecule has 0 bridgehead atoms. The van der Waals surface area contributed by atoms with Crippen molar-refractivity contribution in [1.82, 2.24) is 4.57 Å². The Bertz CT molecular complexity index is 2380. The molecule has 0 atom stereocenters. The second-order valence-electron chi connectivity index (χ2n) is 13.2. The first-order chi connectivity index (χ1) is 24.8. The fourth-order valence-corrected chi connectivity index (χ4v) is 7.55. The van der Waals surface area contributed by atoms with Gasteiger partial charge in [0.25, 0.3) is 0 Å². The molecule has 0 fully saturated rings. The molecule has 50 heavy (non-hydrogen) atoms. The van der Waals surface area contributed by atoms with E-state index in [4.69, 9.17) is 0 Å². The zero-order chi connectivity index (χ0) is 33.3. The van der Waals surface area contributed by atoms with Gasteiger partial charge in [-0.2, -0.15) is 0 Å². The summed E-state index contributed by atoms with van der Waals surface area (Å²) < 4.78 is 2.37. The first kappa shape index (κ1) is 30.0.